The van der Waals surface area contributed by atoms with Crippen molar-refractivity contribution in [2.75, 3.05) is 10.6 Å². The summed E-state index contributed by atoms with van der Waals surface area (Å²) >= 11 is 0. The maximum Gasteiger partial charge on any atom is 0.269 e. The molecule has 0 aliphatic heterocycles. The van der Waals surface area contributed by atoms with Crippen LogP contribution in [0.2, 0.25) is 0 Å². The Morgan fingerprint density at radius 1 is 0.788 bits per heavy atom. The predicted octanol–water partition coefficient (Wildman–Crippen LogP) is 5.77. The summed E-state index contributed by atoms with van der Waals surface area (Å²) in [5.74, 6) is 0.768. The highest BCUT2D eigenvalue weighted by Crippen LogP contribution is 2.23. The molecule has 0 unspecified atom stereocenters. The van der Waals surface area contributed by atoms with Gasteiger partial charge in [-0.05, 0) is 60.7 Å². The van der Waals surface area contributed by atoms with Gasteiger partial charge in [0.1, 0.15) is 11.6 Å². The molecule has 2 N–H and O–H groups in total. The number of non-ortho nitro benzene ring substituents is 1. The van der Waals surface area contributed by atoms with E-state index in [1.807, 2.05) is 36.4 Å². The zero-order valence-corrected chi connectivity index (χ0v) is 17.4. The van der Waals surface area contributed by atoms with Crippen LogP contribution in [-0.4, -0.2) is 20.7 Å². The molecule has 0 amide bonds. The number of pyridine rings is 2. The molecule has 0 atom stereocenters. The molecule has 0 spiro atoms. The fourth-order valence-corrected chi connectivity index (χ4v) is 3.08. The zero-order valence-electron chi connectivity index (χ0n) is 17.4. The number of aromatic nitrogens is 2. The number of rotatable bonds is 8. The van der Waals surface area contributed by atoms with Crippen molar-refractivity contribution in [2.45, 2.75) is 0 Å². The summed E-state index contributed by atoms with van der Waals surface area (Å²) in [5.41, 5.74) is 2.60. The Labute approximate surface area is 189 Å². The topological polar surface area (TPSA) is 110 Å². The number of hydrogen-bond acceptors (Lipinski definition) is 7. The number of hydrogen-bond donors (Lipinski definition) is 2. The zero-order chi connectivity index (χ0) is 23.0. The van der Waals surface area contributed by atoms with Crippen LogP contribution < -0.4 is 10.6 Å². The summed E-state index contributed by atoms with van der Waals surface area (Å²) in [6, 6.07) is 22.5. The molecular formula is C25H19N5O3. The Balaban J connectivity index is 1.53. The number of nitrogens with zero attached hydrogens (tertiary/aromatic N) is 3. The lowest BCUT2D eigenvalue weighted by Crippen LogP contribution is -2.03. The number of carbonyl (C=O) groups is 1. The monoisotopic (exact) mass is 437 g/mol. The lowest BCUT2D eigenvalue weighted by atomic mass is 10.1. The maximum atomic E-state index is 12.9. The second-order valence-electron chi connectivity index (χ2n) is 6.96. The Morgan fingerprint density at radius 3 is 2.15 bits per heavy atom. The number of nitrogens with one attached hydrogen (secondary N) is 2. The van der Waals surface area contributed by atoms with Crippen molar-refractivity contribution in [3.8, 4) is 0 Å². The second kappa shape index (κ2) is 9.97. The smallest absolute Gasteiger partial charge is 0.269 e. The molecular weight excluding hydrogens is 418 g/mol. The van der Waals surface area contributed by atoms with E-state index >= 15 is 0 Å². The minimum absolute atomic E-state index is 0.00340. The minimum Gasteiger partial charge on any atom is -0.340 e. The summed E-state index contributed by atoms with van der Waals surface area (Å²) < 4.78 is 0. The fraction of sp³-hybridized carbons (Fsp3) is 0. The highest BCUT2D eigenvalue weighted by Gasteiger charge is 2.11. The predicted molar refractivity (Wildman–Crippen MR) is 128 cm³/mol. The minimum atomic E-state index is -0.455. The second-order valence-corrected chi connectivity index (χ2v) is 6.96. The number of nitro benzene ring substituents is 1. The summed E-state index contributed by atoms with van der Waals surface area (Å²) in [5, 5.41) is 17.1. The molecule has 0 radical (unpaired) electrons. The fourth-order valence-electron chi connectivity index (χ4n) is 3.08. The molecule has 0 aliphatic rings. The Kier molecular flexibility index (Phi) is 6.46. The summed E-state index contributed by atoms with van der Waals surface area (Å²) in [7, 11) is 0. The van der Waals surface area contributed by atoms with Crippen LogP contribution in [-0.2, 0) is 0 Å². The van der Waals surface area contributed by atoms with E-state index in [0.717, 1.165) is 5.69 Å². The van der Waals surface area contributed by atoms with Crippen molar-refractivity contribution < 1.29 is 9.72 Å². The van der Waals surface area contributed by atoms with Crippen LogP contribution in [0.15, 0.2) is 97.3 Å². The third-order valence-electron chi connectivity index (χ3n) is 4.70. The third-order valence-corrected chi connectivity index (χ3v) is 4.70. The first-order valence-corrected chi connectivity index (χ1v) is 10.1. The number of allylic oxidation sites excluding steroid dienone is 1. The molecule has 0 saturated carbocycles. The normalized spacial score (nSPS) is 10.7. The summed E-state index contributed by atoms with van der Waals surface area (Å²) in [6.07, 6.45) is 6.38. The van der Waals surface area contributed by atoms with Crippen LogP contribution >= 0.6 is 0 Å². The van der Waals surface area contributed by atoms with Crippen molar-refractivity contribution in [2.24, 2.45) is 0 Å². The molecule has 4 rings (SSSR count). The van der Waals surface area contributed by atoms with Gasteiger partial charge in [0, 0.05) is 41.5 Å². The van der Waals surface area contributed by atoms with Gasteiger partial charge in [-0.3, -0.25) is 14.9 Å². The highest BCUT2D eigenvalue weighted by atomic mass is 16.6. The largest absolute Gasteiger partial charge is 0.340 e. The van der Waals surface area contributed by atoms with Gasteiger partial charge in [-0.1, -0.05) is 18.2 Å². The standard InChI is InChI=1S/C25H19N5O3/c31-23(22-9-5-17-27-25(22)29-19-7-2-1-3-8-19)15-10-18-6-4-16-26-24(18)28-20-11-13-21(14-12-20)30(32)33/h1-17H,(H,26,28)(H,27,29). The van der Waals surface area contributed by atoms with Gasteiger partial charge >= 0.3 is 0 Å². The van der Waals surface area contributed by atoms with Gasteiger partial charge in [0.2, 0.25) is 0 Å². The van der Waals surface area contributed by atoms with Crippen molar-refractivity contribution >= 4 is 40.6 Å². The van der Waals surface area contributed by atoms with Crippen molar-refractivity contribution in [3.05, 3.63) is 119 Å². The van der Waals surface area contributed by atoms with E-state index in [-0.39, 0.29) is 11.5 Å². The molecule has 8 nitrogen and oxygen atoms in total. The third kappa shape index (κ3) is 5.45. The molecule has 2 aromatic heterocycles. The number of nitro groups is 1. The lowest BCUT2D eigenvalue weighted by molar-refractivity contribution is -0.384. The first-order chi connectivity index (χ1) is 16.1. The van der Waals surface area contributed by atoms with Gasteiger partial charge in [-0.25, -0.2) is 9.97 Å². The van der Waals surface area contributed by atoms with Crippen molar-refractivity contribution in [3.63, 3.8) is 0 Å². The lowest BCUT2D eigenvalue weighted by Gasteiger charge is -2.09. The molecule has 8 heteroatoms. The van der Waals surface area contributed by atoms with Crippen molar-refractivity contribution in [1.82, 2.24) is 9.97 Å². The molecule has 0 aliphatic carbocycles. The molecule has 4 aromatic rings. The van der Waals surface area contributed by atoms with Crippen LogP contribution in [0.3, 0.4) is 0 Å². The number of anilines is 4. The average Bonchev–Trinajstić information content (AvgIpc) is 2.84. The van der Waals surface area contributed by atoms with Gasteiger partial charge < -0.3 is 10.6 Å². The van der Waals surface area contributed by atoms with Crippen LogP contribution in [0, 0.1) is 10.1 Å². The van der Waals surface area contributed by atoms with Crippen LogP contribution in [0.5, 0.6) is 0 Å². The quantitative estimate of drug-likeness (QED) is 0.156. The van der Waals surface area contributed by atoms with E-state index in [1.165, 1.54) is 18.2 Å². The molecule has 0 fully saturated rings. The SMILES string of the molecule is O=C(C=Cc1cccnc1Nc1ccc([N+](=O)[O-])cc1)c1cccnc1Nc1ccccc1. The van der Waals surface area contributed by atoms with Gasteiger partial charge in [0.05, 0.1) is 10.5 Å². The summed E-state index contributed by atoms with van der Waals surface area (Å²) in [6.45, 7) is 0. The van der Waals surface area contributed by atoms with Gasteiger partial charge in [-0.15, -0.1) is 0 Å². The van der Waals surface area contributed by atoms with E-state index in [1.54, 1.807) is 48.8 Å². The number of ketones is 1. The highest BCUT2D eigenvalue weighted by molar-refractivity contribution is 6.10. The Bertz CT molecular complexity index is 1310. The van der Waals surface area contributed by atoms with Crippen LogP contribution in [0.4, 0.5) is 28.7 Å². The number of benzene rings is 2. The molecule has 162 valence electrons. The van der Waals surface area contributed by atoms with E-state index in [4.69, 9.17) is 0 Å². The number of carbonyl (C=O) groups excluding carboxylic acids is 1. The van der Waals surface area contributed by atoms with Crippen LogP contribution in [0.25, 0.3) is 6.08 Å². The molecule has 0 saturated heterocycles. The maximum absolute atomic E-state index is 12.9. The average molecular weight is 437 g/mol. The van der Waals surface area contributed by atoms with E-state index in [2.05, 4.69) is 20.6 Å². The first kappa shape index (κ1) is 21.4. The number of para-hydroxylation sites is 1. The Hall–Kier alpha value is -4.85. The molecule has 2 heterocycles. The van der Waals surface area contributed by atoms with E-state index < -0.39 is 4.92 Å². The van der Waals surface area contributed by atoms with E-state index in [9.17, 15) is 14.9 Å². The molecule has 0 bridgehead atoms. The van der Waals surface area contributed by atoms with E-state index in [0.29, 0.717) is 28.5 Å². The molecule has 33 heavy (non-hydrogen) atoms. The van der Waals surface area contributed by atoms with Crippen LogP contribution in [0.1, 0.15) is 15.9 Å². The molecule has 2 aromatic carbocycles. The van der Waals surface area contributed by atoms with Crippen molar-refractivity contribution in [1.29, 1.82) is 0 Å². The van der Waals surface area contributed by atoms with Gasteiger partial charge in [0.15, 0.2) is 5.78 Å². The van der Waals surface area contributed by atoms with Gasteiger partial charge in [0.25, 0.3) is 5.69 Å². The van der Waals surface area contributed by atoms with Gasteiger partial charge in [-0.2, -0.15) is 0 Å². The summed E-state index contributed by atoms with van der Waals surface area (Å²) in [4.78, 5) is 31.9. The first-order valence-electron chi connectivity index (χ1n) is 10.1. The Morgan fingerprint density at radius 2 is 1.42 bits per heavy atom.